The Kier molecular flexibility index (Phi) is 18.2. The number of aliphatic hydroxyl groups excluding tert-OH is 1. The Labute approximate surface area is 515 Å². The summed E-state index contributed by atoms with van der Waals surface area (Å²) in [7, 11) is -7.95. The number of hydrogen-bond donors (Lipinski definition) is 3. The molecule has 15 atom stereocenters. The number of halogens is 2. The van der Waals surface area contributed by atoms with Crippen molar-refractivity contribution < 1.29 is 74.7 Å². The minimum atomic E-state index is -4.08. The van der Waals surface area contributed by atoms with E-state index in [0.29, 0.717) is 50.9 Å². The molecule has 460 valence electrons. The summed E-state index contributed by atoms with van der Waals surface area (Å²) in [5, 5.41) is 10.3. The van der Waals surface area contributed by atoms with Crippen LogP contribution in [0.5, 0.6) is 11.5 Å². The largest absolute Gasteiger partial charge is 0.530 e. The van der Waals surface area contributed by atoms with Crippen molar-refractivity contribution >= 4 is 78.5 Å². The standard InChI is InChI=1S/C40H50IN2O12P.C17H18IN2O8P/c1-22-5-4-6-30-26(22)20-50-56(49,55-30)51-21-32-31(18-34(52-32)43-19-29(41)37(47)42-38(43)48)53-35(45)11-12-36(46)54-33-10-9-27-25-8-7-23-17-24(44)13-15-39(23,2)28(25)14-16-40(27,33)3;1-9-3-2-4-13-10(9)7-25-29(24,28-13)26-8-14-12(21)5-15(27-14)20-6-11(18)16(22)19-17(20)23/h4-6,19,23,25,27-28,31-34H,7-18,20-21H2,1-3H3,(H,42,47,48);2-4,6,12,14-15,21H,5,7-8H2,1H3,(H,19,22,23)/t23-,25-,27-,28?,31+,32+,33-,34+,39-,40-,56?;12-,14-,15-,29?/m01/s1. The van der Waals surface area contributed by atoms with E-state index in [4.69, 9.17) is 46.1 Å². The number of Topliss-reactive ketones (excluding diaryl/α,β-unsaturated/α-hetero) is 1. The Bertz CT molecular complexity index is 3610. The quantitative estimate of drug-likeness (QED) is 0.0641. The number of rotatable bonds is 13. The summed E-state index contributed by atoms with van der Waals surface area (Å²) in [6.07, 6.45) is 5.17. The first kappa shape index (κ1) is 62.3. The average Bonchev–Trinajstić information content (AvgIpc) is 1.95. The number of nitrogens with zero attached hydrogens (tertiary/aromatic N) is 2. The zero-order valence-electron chi connectivity index (χ0n) is 47.2. The van der Waals surface area contributed by atoms with Crippen molar-refractivity contribution in [3.8, 4) is 11.5 Å². The van der Waals surface area contributed by atoms with Gasteiger partial charge in [-0.05, 0) is 156 Å². The van der Waals surface area contributed by atoms with Crippen LogP contribution in [0.25, 0.3) is 0 Å². The number of phosphoric acid groups is 2. The third-order valence-electron chi connectivity index (χ3n) is 19.0. The molecule has 3 unspecified atom stereocenters. The lowest BCUT2D eigenvalue weighted by molar-refractivity contribution is -0.167. The Balaban J connectivity index is 0.000000217. The number of benzene rings is 2. The SMILES string of the molecule is Cc1cccc2c1COP(=O)(OC[C@H]1O[C@@H](n3cc(I)c(=O)[nH]c3=O)C[C@H]1O)O2.Cc1cccc2c1COP(=O)(OC[C@H]1O[C@@H](n3cc(I)c(=O)[nH]c3=O)C[C@H]1OC(=O)CCC(=O)O[C@H]1CC[C@H]3[C@@H]4CC[C@H]5CC(=O)CC[C@]5(C)C4CC[C@]13C)O2. The molecule has 24 nitrogen and oxygen atoms in total. The Morgan fingerprint density at radius 3 is 1.84 bits per heavy atom. The topological polar surface area (TPSA) is 308 Å². The molecule has 2 saturated heterocycles. The molecule has 4 aromatic rings. The van der Waals surface area contributed by atoms with Crippen LogP contribution in [0.4, 0.5) is 0 Å². The van der Waals surface area contributed by atoms with Gasteiger partial charge in [0.2, 0.25) is 0 Å². The van der Waals surface area contributed by atoms with Crippen LogP contribution in [0.1, 0.15) is 132 Å². The maximum absolute atomic E-state index is 13.5. The van der Waals surface area contributed by atoms with E-state index in [1.165, 1.54) is 21.5 Å². The van der Waals surface area contributed by atoms with Crippen molar-refractivity contribution in [2.24, 2.45) is 34.5 Å². The number of ether oxygens (including phenoxy) is 4. The summed E-state index contributed by atoms with van der Waals surface area (Å²) in [6.45, 7) is 7.95. The van der Waals surface area contributed by atoms with E-state index in [1.54, 1.807) is 69.4 Å². The van der Waals surface area contributed by atoms with Gasteiger partial charge in [-0.15, -0.1) is 0 Å². The van der Waals surface area contributed by atoms with Gasteiger partial charge in [-0.25, -0.2) is 18.7 Å². The molecule has 2 aromatic carbocycles. The number of esters is 2. The monoisotopic (exact) mass is 1440 g/mol. The van der Waals surface area contributed by atoms with Crippen LogP contribution in [-0.2, 0) is 73.8 Å². The van der Waals surface area contributed by atoms with Gasteiger partial charge in [-0.2, -0.15) is 0 Å². The van der Waals surface area contributed by atoms with Crippen LogP contribution in [0.2, 0.25) is 0 Å². The highest BCUT2D eigenvalue weighted by Crippen LogP contribution is 2.66. The number of aromatic amines is 2. The zero-order chi connectivity index (χ0) is 60.3. The van der Waals surface area contributed by atoms with E-state index < -0.39 is 87.0 Å². The lowest BCUT2D eigenvalue weighted by atomic mass is 9.45. The average molecular weight is 1440 g/mol. The van der Waals surface area contributed by atoms with E-state index in [9.17, 15) is 47.8 Å². The predicted molar refractivity (Wildman–Crippen MR) is 317 cm³/mol. The molecule has 0 radical (unpaired) electrons. The van der Waals surface area contributed by atoms with Gasteiger partial charge >= 0.3 is 39.0 Å². The van der Waals surface area contributed by atoms with Gasteiger partial charge < -0.3 is 33.1 Å². The third kappa shape index (κ3) is 12.9. The van der Waals surface area contributed by atoms with Crippen molar-refractivity contribution in [1.82, 2.24) is 19.1 Å². The first-order chi connectivity index (χ1) is 40.4. The summed E-state index contributed by atoms with van der Waals surface area (Å²) in [4.78, 5) is 91.6. The molecule has 6 fully saturated rings. The number of hydrogen-bond acceptors (Lipinski definition) is 20. The minimum Gasteiger partial charge on any atom is -0.462 e. The summed E-state index contributed by atoms with van der Waals surface area (Å²) in [6, 6.07) is 10.7. The Hall–Kier alpha value is -4.35. The van der Waals surface area contributed by atoms with Crippen LogP contribution < -0.4 is 31.5 Å². The number of nitrogens with one attached hydrogen (secondary N) is 2. The highest BCUT2D eigenvalue weighted by Gasteiger charge is 2.61. The highest BCUT2D eigenvalue weighted by molar-refractivity contribution is 14.1. The molecular formula is C57H68I2N4O20P2. The first-order valence-corrected chi connectivity index (χ1v) is 33.8. The Morgan fingerprint density at radius 1 is 0.694 bits per heavy atom. The van der Waals surface area contributed by atoms with Crippen molar-refractivity contribution in [1.29, 1.82) is 0 Å². The van der Waals surface area contributed by atoms with E-state index in [0.717, 1.165) is 73.6 Å². The molecule has 6 heterocycles. The van der Waals surface area contributed by atoms with Crippen LogP contribution in [-0.4, -0.2) is 85.7 Å². The molecule has 0 spiro atoms. The molecule has 85 heavy (non-hydrogen) atoms. The maximum Gasteiger partial charge on any atom is 0.530 e. The fraction of sp³-hybridized carbons (Fsp3) is 0.596. The van der Waals surface area contributed by atoms with Crippen LogP contribution in [0.3, 0.4) is 0 Å². The number of carbonyl (C=O) groups is 3. The lowest BCUT2D eigenvalue weighted by Crippen LogP contribution is -2.54. The smallest absolute Gasteiger partial charge is 0.462 e. The van der Waals surface area contributed by atoms with E-state index in [2.05, 4.69) is 23.8 Å². The number of ketones is 1. The maximum atomic E-state index is 13.5. The molecular weight excluding hydrogens is 1380 g/mol. The number of fused-ring (bicyclic) bond motifs is 7. The molecule has 2 aromatic heterocycles. The molecule has 4 aliphatic carbocycles. The predicted octanol–water partition coefficient (Wildman–Crippen LogP) is 8.52. The van der Waals surface area contributed by atoms with Crippen LogP contribution in [0, 0.1) is 55.5 Å². The number of aryl methyl sites for hydroxylation is 2. The second-order valence-electron chi connectivity index (χ2n) is 23.9. The van der Waals surface area contributed by atoms with E-state index in [-0.39, 0.29) is 72.6 Å². The number of H-pyrrole nitrogens is 2. The third-order valence-corrected chi connectivity index (χ3v) is 23.2. The van der Waals surface area contributed by atoms with Gasteiger partial charge in [0, 0.05) is 54.6 Å². The summed E-state index contributed by atoms with van der Waals surface area (Å²) < 4.78 is 85.9. The van der Waals surface area contributed by atoms with Crippen LogP contribution in [0.15, 0.2) is 68.0 Å². The lowest BCUT2D eigenvalue weighted by Gasteiger charge is -2.60. The van der Waals surface area contributed by atoms with Crippen LogP contribution >= 0.6 is 60.8 Å². The van der Waals surface area contributed by atoms with Gasteiger partial charge in [0.1, 0.15) is 54.2 Å². The molecule has 0 amide bonds. The highest BCUT2D eigenvalue weighted by atomic mass is 127. The first-order valence-electron chi connectivity index (χ1n) is 28.7. The van der Waals surface area contributed by atoms with Gasteiger partial charge in [0.25, 0.3) is 11.1 Å². The molecule has 4 aliphatic heterocycles. The van der Waals surface area contributed by atoms with Gasteiger partial charge in [-0.1, -0.05) is 38.1 Å². The molecule has 3 N–H and O–H groups in total. The van der Waals surface area contributed by atoms with E-state index in [1.807, 2.05) is 26.0 Å². The normalized spacial score (nSPS) is 34.4. The minimum absolute atomic E-state index is 0.0119. The van der Waals surface area contributed by atoms with Crippen molar-refractivity contribution in [2.45, 2.75) is 167 Å². The zero-order valence-corrected chi connectivity index (χ0v) is 53.3. The molecule has 28 heteroatoms. The molecule has 4 saturated carbocycles. The summed E-state index contributed by atoms with van der Waals surface area (Å²) in [5.41, 5.74) is 1.09. The van der Waals surface area contributed by atoms with Gasteiger partial charge in [0.15, 0.2) is 0 Å². The molecule has 0 bridgehead atoms. The number of carbonyl (C=O) groups excluding carboxylic acids is 3. The number of aromatic nitrogens is 4. The summed E-state index contributed by atoms with van der Waals surface area (Å²) in [5.74, 6) is 2.22. The van der Waals surface area contributed by atoms with Gasteiger partial charge in [-0.3, -0.25) is 61.2 Å². The summed E-state index contributed by atoms with van der Waals surface area (Å²) >= 11 is 3.60. The number of phosphoric ester groups is 2. The second-order valence-corrected chi connectivity index (χ2v) is 29.4. The van der Waals surface area contributed by atoms with Crippen molar-refractivity contribution in [3.05, 3.63) is 120 Å². The van der Waals surface area contributed by atoms with E-state index >= 15 is 0 Å². The molecule has 8 aliphatic rings. The van der Waals surface area contributed by atoms with Crippen molar-refractivity contribution in [2.75, 3.05) is 13.2 Å². The second kappa shape index (κ2) is 24.9. The van der Waals surface area contributed by atoms with Crippen molar-refractivity contribution in [3.63, 3.8) is 0 Å². The van der Waals surface area contributed by atoms with Gasteiger partial charge in [0.05, 0.1) is 52.5 Å². The fourth-order valence-corrected chi connectivity index (χ4v) is 17.6. The molecule has 12 rings (SSSR count). The Morgan fingerprint density at radius 2 is 1.24 bits per heavy atom. The fourth-order valence-electron chi connectivity index (χ4n) is 14.3. The number of aliphatic hydroxyl groups is 1.